The lowest BCUT2D eigenvalue weighted by Crippen LogP contribution is -2.40. The maximum atomic E-state index is 13.3. The fraction of sp³-hybridized carbons (Fsp3) is 0.571. The topological polar surface area (TPSA) is 55.4 Å². The van der Waals surface area contributed by atoms with E-state index in [0.717, 1.165) is 31.7 Å². The highest BCUT2D eigenvalue weighted by Gasteiger charge is 2.27. The Hall–Kier alpha value is -1.14. The Bertz CT molecular complexity index is 574. The normalized spacial score (nSPS) is 23.6. The molecule has 2 atom stereocenters. The fourth-order valence-electron chi connectivity index (χ4n) is 2.57. The van der Waals surface area contributed by atoms with Gasteiger partial charge in [0.25, 0.3) is 0 Å². The van der Waals surface area contributed by atoms with Gasteiger partial charge in [-0.05, 0) is 30.9 Å². The number of hydrogen-bond acceptors (Lipinski definition) is 3. The van der Waals surface area contributed by atoms with Crippen LogP contribution in [0.25, 0.3) is 0 Å². The van der Waals surface area contributed by atoms with Gasteiger partial charge in [0.1, 0.15) is 0 Å². The predicted octanol–water partition coefficient (Wildman–Crippen LogP) is 2.69. The van der Waals surface area contributed by atoms with Gasteiger partial charge in [0.05, 0.1) is 12.0 Å². The number of hydrogen-bond donors (Lipinski definition) is 1. The van der Waals surface area contributed by atoms with Crippen molar-refractivity contribution in [1.82, 2.24) is 4.72 Å². The number of halogens is 1. The minimum Gasteiger partial charge on any atom is -0.494 e. The van der Waals surface area contributed by atoms with Crippen LogP contribution in [0.1, 0.15) is 32.6 Å². The van der Waals surface area contributed by atoms with Crippen molar-refractivity contribution >= 4 is 10.0 Å². The van der Waals surface area contributed by atoms with Crippen molar-refractivity contribution in [3.8, 4) is 5.75 Å². The van der Waals surface area contributed by atoms with E-state index in [1.807, 2.05) is 0 Å². The Balaban J connectivity index is 2.21. The van der Waals surface area contributed by atoms with Crippen LogP contribution >= 0.6 is 0 Å². The van der Waals surface area contributed by atoms with E-state index in [9.17, 15) is 12.8 Å². The van der Waals surface area contributed by atoms with Gasteiger partial charge in [0.2, 0.25) is 10.0 Å². The molecule has 112 valence electrons. The van der Waals surface area contributed by atoms with E-state index in [0.29, 0.717) is 5.92 Å². The molecular formula is C14H20FNO3S. The van der Waals surface area contributed by atoms with Gasteiger partial charge < -0.3 is 4.74 Å². The smallest absolute Gasteiger partial charge is 0.240 e. The molecule has 0 spiro atoms. The summed E-state index contributed by atoms with van der Waals surface area (Å²) >= 11 is 0. The third kappa shape index (κ3) is 3.30. The van der Waals surface area contributed by atoms with E-state index in [1.54, 1.807) is 0 Å². The molecule has 0 heterocycles. The number of benzene rings is 1. The van der Waals surface area contributed by atoms with Crippen LogP contribution in [-0.4, -0.2) is 21.6 Å². The SMILES string of the molecule is COc1cc(S(=O)(=O)N[C@@H]2CCCC[C@H]2C)ccc1F. The highest BCUT2D eigenvalue weighted by molar-refractivity contribution is 7.89. The molecule has 4 nitrogen and oxygen atoms in total. The Kier molecular flexibility index (Phi) is 4.65. The molecule has 1 N–H and O–H groups in total. The van der Waals surface area contributed by atoms with E-state index in [1.165, 1.54) is 19.2 Å². The van der Waals surface area contributed by atoms with Crippen LogP contribution in [-0.2, 0) is 10.0 Å². The first-order valence-corrected chi connectivity index (χ1v) is 8.28. The molecular weight excluding hydrogens is 281 g/mol. The Morgan fingerprint density at radius 1 is 1.30 bits per heavy atom. The third-order valence-electron chi connectivity index (χ3n) is 3.85. The molecule has 0 saturated heterocycles. The number of methoxy groups -OCH3 is 1. The van der Waals surface area contributed by atoms with Gasteiger partial charge in [-0.1, -0.05) is 19.8 Å². The highest BCUT2D eigenvalue weighted by atomic mass is 32.2. The van der Waals surface area contributed by atoms with Crippen LogP contribution in [0.3, 0.4) is 0 Å². The standard InChI is InChI=1S/C14H20FNO3S/c1-10-5-3-4-6-13(10)16-20(17,18)11-7-8-12(15)14(9-11)19-2/h7-10,13,16H,3-6H2,1-2H3/t10-,13-/m1/s1. The Morgan fingerprint density at radius 3 is 2.65 bits per heavy atom. The van der Waals surface area contributed by atoms with Gasteiger partial charge in [0, 0.05) is 12.1 Å². The first-order valence-electron chi connectivity index (χ1n) is 6.80. The molecule has 0 amide bonds. The summed E-state index contributed by atoms with van der Waals surface area (Å²) in [5, 5.41) is 0. The van der Waals surface area contributed by atoms with Gasteiger partial charge in [-0.3, -0.25) is 0 Å². The first-order chi connectivity index (χ1) is 9.44. The average Bonchev–Trinajstić information content (AvgIpc) is 2.41. The van der Waals surface area contributed by atoms with Gasteiger partial charge >= 0.3 is 0 Å². The van der Waals surface area contributed by atoms with E-state index < -0.39 is 15.8 Å². The van der Waals surface area contributed by atoms with E-state index in [2.05, 4.69) is 11.6 Å². The lowest BCUT2D eigenvalue weighted by molar-refractivity contribution is 0.310. The second-order valence-corrected chi connectivity index (χ2v) is 7.00. The van der Waals surface area contributed by atoms with Crippen LogP contribution in [0.15, 0.2) is 23.1 Å². The minimum atomic E-state index is -3.64. The van der Waals surface area contributed by atoms with Crippen LogP contribution in [0.2, 0.25) is 0 Å². The molecule has 6 heteroatoms. The molecule has 1 aliphatic carbocycles. The van der Waals surface area contributed by atoms with Crippen molar-refractivity contribution < 1.29 is 17.5 Å². The maximum Gasteiger partial charge on any atom is 0.240 e. The molecule has 1 aliphatic rings. The van der Waals surface area contributed by atoms with Crippen molar-refractivity contribution in [2.75, 3.05) is 7.11 Å². The van der Waals surface area contributed by atoms with Crippen LogP contribution in [0, 0.1) is 11.7 Å². The van der Waals surface area contributed by atoms with Gasteiger partial charge in [-0.2, -0.15) is 0 Å². The summed E-state index contributed by atoms with van der Waals surface area (Å²) in [5.74, 6) is -0.317. The monoisotopic (exact) mass is 301 g/mol. The van der Waals surface area contributed by atoms with Gasteiger partial charge in [-0.15, -0.1) is 0 Å². The molecule has 1 fully saturated rings. The van der Waals surface area contributed by atoms with Crippen LogP contribution in [0.4, 0.5) is 4.39 Å². The lowest BCUT2D eigenvalue weighted by atomic mass is 9.87. The van der Waals surface area contributed by atoms with Gasteiger partial charge in [-0.25, -0.2) is 17.5 Å². The molecule has 0 bridgehead atoms. The van der Waals surface area contributed by atoms with Crippen molar-refractivity contribution in [3.63, 3.8) is 0 Å². The molecule has 1 saturated carbocycles. The average molecular weight is 301 g/mol. The van der Waals surface area contributed by atoms with E-state index in [4.69, 9.17) is 4.74 Å². The summed E-state index contributed by atoms with van der Waals surface area (Å²) in [4.78, 5) is 0.0357. The quantitative estimate of drug-likeness (QED) is 0.930. The Morgan fingerprint density at radius 2 is 2.00 bits per heavy atom. The number of rotatable bonds is 4. The summed E-state index contributed by atoms with van der Waals surface area (Å²) in [7, 11) is -2.33. The highest BCUT2D eigenvalue weighted by Crippen LogP contribution is 2.26. The first kappa shape index (κ1) is 15.3. The minimum absolute atomic E-state index is 0.0357. The van der Waals surface area contributed by atoms with Crippen LogP contribution in [0.5, 0.6) is 5.75 Å². The number of ether oxygens (including phenoxy) is 1. The summed E-state index contributed by atoms with van der Waals surface area (Å²) in [6.07, 6.45) is 4.05. The van der Waals surface area contributed by atoms with E-state index in [-0.39, 0.29) is 16.7 Å². The summed E-state index contributed by atoms with van der Waals surface area (Å²) in [6, 6.07) is 3.53. The Labute approximate surface area is 119 Å². The molecule has 0 unspecified atom stereocenters. The predicted molar refractivity (Wildman–Crippen MR) is 74.7 cm³/mol. The van der Waals surface area contributed by atoms with Crippen molar-refractivity contribution in [2.24, 2.45) is 5.92 Å². The number of sulfonamides is 1. The molecule has 0 aromatic heterocycles. The molecule has 0 aliphatic heterocycles. The summed E-state index contributed by atoms with van der Waals surface area (Å²) < 4.78 is 45.6. The lowest BCUT2D eigenvalue weighted by Gasteiger charge is -2.29. The fourth-order valence-corrected chi connectivity index (χ4v) is 3.96. The zero-order chi connectivity index (χ0) is 14.8. The van der Waals surface area contributed by atoms with Crippen LogP contribution < -0.4 is 9.46 Å². The second kappa shape index (κ2) is 6.10. The van der Waals surface area contributed by atoms with Crippen molar-refractivity contribution in [3.05, 3.63) is 24.0 Å². The van der Waals surface area contributed by atoms with Gasteiger partial charge in [0.15, 0.2) is 11.6 Å². The molecule has 1 aromatic rings. The largest absolute Gasteiger partial charge is 0.494 e. The molecule has 20 heavy (non-hydrogen) atoms. The van der Waals surface area contributed by atoms with Crippen molar-refractivity contribution in [1.29, 1.82) is 0 Å². The third-order valence-corrected chi connectivity index (χ3v) is 5.34. The molecule has 0 radical (unpaired) electrons. The zero-order valence-corrected chi connectivity index (χ0v) is 12.5. The maximum absolute atomic E-state index is 13.3. The summed E-state index contributed by atoms with van der Waals surface area (Å²) in [5.41, 5.74) is 0. The van der Waals surface area contributed by atoms with Crippen molar-refractivity contribution in [2.45, 2.75) is 43.5 Å². The molecule has 2 rings (SSSR count). The van der Waals surface area contributed by atoms with E-state index >= 15 is 0 Å². The second-order valence-electron chi connectivity index (χ2n) is 5.29. The molecule has 1 aromatic carbocycles. The zero-order valence-electron chi connectivity index (χ0n) is 11.7. The number of nitrogens with one attached hydrogen (secondary N) is 1. The summed E-state index contributed by atoms with van der Waals surface area (Å²) in [6.45, 7) is 2.05.